The zero-order valence-corrected chi connectivity index (χ0v) is 10.5. The molecule has 2 rings (SSSR count). The lowest BCUT2D eigenvalue weighted by Gasteiger charge is -2.11. The first-order valence-corrected chi connectivity index (χ1v) is 6.17. The molecule has 0 aromatic carbocycles. The zero-order chi connectivity index (χ0) is 13.9. The number of pyridine rings is 2. The van der Waals surface area contributed by atoms with Crippen LogP contribution in [0.3, 0.4) is 0 Å². The molecule has 0 spiro atoms. The Morgan fingerprint density at radius 2 is 1.79 bits per heavy atom. The average Bonchev–Trinajstić information content (AvgIpc) is 2.39. The lowest BCUT2D eigenvalue weighted by atomic mass is 10.2. The van der Waals surface area contributed by atoms with Crippen molar-refractivity contribution in [1.29, 1.82) is 0 Å². The summed E-state index contributed by atoms with van der Waals surface area (Å²) in [4.78, 5) is 8.26. The van der Waals surface area contributed by atoms with Crippen LogP contribution in [-0.2, 0) is 12.7 Å². The molecular weight excluding hydrogens is 275 g/mol. The van der Waals surface area contributed by atoms with Gasteiger partial charge in [-0.1, -0.05) is 17.8 Å². The van der Waals surface area contributed by atoms with Gasteiger partial charge in [0.15, 0.2) is 0 Å². The molecule has 0 amide bonds. The van der Waals surface area contributed by atoms with Gasteiger partial charge < -0.3 is 5.73 Å². The molecule has 0 fully saturated rings. The second kappa shape index (κ2) is 5.58. The van der Waals surface area contributed by atoms with Gasteiger partial charge in [0.05, 0.1) is 0 Å². The highest BCUT2D eigenvalue weighted by Gasteiger charge is 2.33. The first-order valence-electron chi connectivity index (χ1n) is 5.36. The van der Waals surface area contributed by atoms with E-state index in [0.29, 0.717) is 5.56 Å². The summed E-state index contributed by atoms with van der Waals surface area (Å²) in [7, 11) is 0. The predicted octanol–water partition coefficient (Wildman–Crippen LogP) is 3.11. The van der Waals surface area contributed by atoms with Gasteiger partial charge in [0.1, 0.15) is 10.7 Å². The normalized spacial score (nSPS) is 11.6. The number of hydrogen-bond donors (Lipinski definition) is 1. The van der Waals surface area contributed by atoms with E-state index in [-0.39, 0.29) is 11.6 Å². The van der Waals surface area contributed by atoms with Gasteiger partial charge in [-0.3, -0.25) is 4.98 Å². The molecule has 2 aromatic rings. The summed E-state index contributed by atoms with van der Waals surface area (Å²) in [6, 6.07) is 5.71. The third kappa shape index (κ3) is 3.45. The van der Waals surface area contributed by atoms with E-state index in [4.69, 9.17) is 5.73 Å². The zero-order valence-electron chi connectivity index (χ0n) is 9.69. The highest BCUT2D eigenvalue weighted by molar-refractivity contribution is 7.99. The fourth-order valence-electron chi connectivity index (χ4n) is 1.39. The Morgan fingerprint density at radius 3 is 2.37 bits per heavy atom. The van der Waals surface area contributed by atoms with Crippen LogP contribution in [-0.4, -0.2) is 9.97 Å². The number of halogens is 3. The summed E-state index contributed by atoms with van der Waals surface area (Å²) in [5, 5.41) is 0.267. The maximum absolute atomic E-state index is 12.6. The molecule has 0 saturated carbocycles. The molecular formula is C12H10F3N3S. The van der Waals surface area contributed by atoms with Crippen LogP contribution in [0.4, 0.5) is 13.2 Å². The van der Waals surface area contributed by atoms with Crippen molar-refractivity contribution in [3.05, 3.63) is 47.9 Å². The van der Waals surface area contributed by atoms with E-state index in [1.165, 1.54) is 6.07 Å². The van der Waals surface area contributed by atoms with Crippen molar-refractivity contribution < 1.29 is 13.2 Å². The highest BCUT2D eigenvalue weighted by atomic mass is 32.2. The first kappa shape index (κ1) is 13.8. The molecule has 0 aliphatic carbocycles. The molecule has 0 atom stereocenters. The fraction of sp³-hybridized carbons (Fsp3) is 0.167. The molecule has 0 saturated heterocycles. The minimum atomic E-state index is -4.46. The molecule has 0 radical (unpaired) electrons. The first-order chi connectivity index (χ1) is 9.00. The summed E-state index contributed by atoms with van der Waals surface area (Å²) in [6.07, 6.45) is -1.32. The van der Waals surface area contributed by atoms with Crippen molar-refractivity contribution in [2.45, 2.75) is 22.6 Å². The Kier molecular flexibility index (Phi) is 4.06. The summed E-state index contributed by atoms with van der Waals surface area (Å²) in [5.74, 6) is 0. The van der Waals surface area contributed by atoms with E-state index < -0.39 is 11.9 Å². The van der Waals surface area contributed by atoms with Crippen molar-refractivity contribution >= 4 is 11.8 Å². The van der Waals surface area contributed by atoms with Gasteiger partial charge >= 0.3 is 6.18 Å². The van der Waals surface area contributed by atoms with E-state index in [9.17, 15) is 13.2 Å². The number of nitrogens with zero attached hydrogens (tertiary/aromatic N) is 2. The number of aromatic nitrogens is 2. The van der Waals surface area contributed by atoms with E-state index in [1.807, 2.05) is 0 Å². The van der Waals surface area contributed by atoms with Crippen LogP contribution in [0.5, 0.6) is 0 Å². The SMILES string of the molecule is NCc1ccc(C(F)(F)F)nc1Sc1ccncc1. The maximum Gasteiger partial charge on any atom is 0.433 e. The maximum atomic E-state index is 12.6. The van der Waals surface area contributed by atoms with Crippen molar-refractivity contribution in [2.24, 2.45) is 5.73 Å². The van der Waals surface area contributed by atoms with Crippen LogP contribution in [0.2, 0.25) is 0 Å². The number of rotatable bonds is 3. The van der Waals surface area contributed by atoms with Crippen LogP contribution in [0.1, 0.15) is 11.3 Å². The molecule has 0 unspecified atom stereocenters. The van der Waals surface area contributed by atoms with Gasteiger partial charge in [-0.15, -0.1) is 0 Å². The lowest BCUT2D eigenvalue weighted by molar-refractivity contribution is -0.141. The van der Waals surface area contributed by atoms with Crippen molar-refractivity contribution in [2.75, 3.05) is 0 Å². The van der Waals surface area contributed by atoms with E-state index >= 15 is 0 Å². The van der Waals surface area contributed by atoms with Crippen LogP contribution in [0.25, 0.3) is 0 Å². The fourth-order valence-corrected chi connectivity index (χ4v) is 2.30. The monoisotopic (exact) mass is 285 g/mol. The predicted molar refractivity (Wildman–Crippen MR) is 65.5 cm³/mol. The van der Waals surface area contributed by atoms with E-state index in [1.54, 1.807) is 24.5 Å². The Hall–Kier alpha value is -1.60. The molecule has 2 heterocycles. The Bertz CT molecular complexity index is 558. The summed E-state index contributed by atoms with van der Waals surface area (Å²) in [6.45, 7) is 0.137. The third-order valence-corrected chi connectivity index (χ3v) is 3.37. The van der Waals surface area contributed by atoms with Gasteiger partial charge in [-0.05, 0) is 23.8 Å². The van der Waals surface area contributed by atoms with Gasteiger partial charge in [-0.2, -0.15) is 13.2 Å². The van der Waals surface area contributed by atoms with Gasteiger partial charge in [-0.25, -0.2) is 4.98 Å². The van der Waals surface area contributed by atoms with Gasteiger partial charge in [0, 0.05) is 23.8 Å². The van der Waals surface area contributed by atoms with Crippen molar-refractivity contribution in [3.8, 4) is 0 Å². The highest BCUT2D eigenvalue weighted by Crippen LogP contribution is 2.33. The Morgan fingerprint density at radius 1 is 1.11 bits per heavy atom. The lowest BCUT2D eigenvalue weighted by Crippen LogP contribution is -2.10. The second-order valence-corrected chi connectivity index (χ2v) is 4.71. The second-order valence-electron chi connectivity index (χ2n) is 3.65. The Balaban J connectivity index is 2.37. The summed E-state index contributed by atoms with van der Waals surface area (Å²) < 4.78 is 37.9. The molecule has 19 heavy (non-hydrogen) atoms. The quantitative estimate of drug-likeness (QED) is 0.941. The van der Waals surface area contributed by atoms with E-state index in [0.717, 1.165) is 22.7 Å². The topological polar surface area (TPSA) is 51.8 Å². The average molecular weight is 285 g/mol. The van der Waals surface area contributed by atoms with Gasteiger partial charge in [0.25, 0.3) is 0 Å². The summed E-state index contributed by atoms with van der Waals surface area (Å²) in [5.41, 5.74) is 5.18. The molecule has 2 N–H and O–H groups in total. The van der Waals surface area contributed by atoms with Gasteiger partial charge in [0.2, 0.25) is 0 Å². The Labute approximate surface area is 112 Å². The molecule has 100 valence electrons. The third-order valence-electron chi connectivity index (χ3n) is 2.31. The molecule has 7 heteroatoms. The minimum absolute atomic E-state index is 0.137. The smallest absolute Gasteiger partial charge is 0.326 e. The van der Waals surface area contributed by atoms with Crippen LogP contribution >= 0.6 is 11.8 Å². The van der Waals surface area contributed by atoms with Crippen LogP contribution in [0.15, 0.2) is 46.6 Å². The van der Waals surface area contributed by atoms with Crippen LogP contribution in [0, 0.1) is 0 Å². The van der Waals surface area contributed by atoms with E-state index in [2.05, 4.69) is 9.97 Å². The number of nitrogens with two attached hydrogens (primary N) is 1. The largest absolute Gasteiger partial charge is 0.433 e. The standard InChI is InChI=1S/C12H10F3N3S/c13-12(14,15)10-2-1-8(7-16)11(18-10)19-9-3-5-17-6-4-9/h1-6H,7,16H2. The molecule has 2 aromatic heterocycles. The molecule has 0 aliphatic heterocycles. The van der Waals surface area contributed by atoms with Crippen LogP contribution < -0.4 is 5.73 Å². The van der Waals surface area contributed by atoms with Crippen molar-refractivity contribution in [1.82, 2.24) is 9.97 Å². The molecule has 0 aliphatic rings. The number of alkyl halides is 3. The minimum Gasteiger partial charge on any atom is -0.326 e. The van der Waals surface area contributed by atoms with Crippen molar-refractivity contribution in [3.63, 3.8) is 0 Å². The molecule has 3 nitrogen and oxygen atoms in total. The summed E-state index contributed by atoms with van der Waals surface area (Å²) >= 11 is 1.14. The molecule has 0 bridgehead atoms. The number of hydrogen-bond acceptors (Lipinski definition) is 4.